The van der Waals surface area contributed by atoms with Gasteiger partial charge in [0.15, 0.2) is 0 Å². The van der Waals surface area contributed by atoms with Crippen LogP contribution in [0.2, 0.25) is 0 Å². The molecule has 0 fully saturated rings. The van der Waals surface area contributed by atoms with E-state index in [4.69, 9.17) is 10.5 Å². The molecule has 2 N–H and O–H groups in total. The molecule has 1 aliphatic rings. The molecule has 0 radical (unpaired) electrons. The first-order valence-electron chi connectivity index (χ1n) is 4.41. The Morgan fingerprint density at radius 2 is 2.27 bits per heavy atom. The number of rotatable bonds is 1. The van der Waals surface area contributed by atoms with Gasteiger partial charge in [0.1, 0.15) is 6.10 Å². The number of nitro groups is 1. The minimum atomic E-state index is -0.462. The van der Waals surface area contributed by atoms with Crippen molar-refractivity contribution in [2.24, 2.45) is 5.73 Å². The van der Waals surface area contributed by atoms with Gasteiger partial charge in [-0.2, -0.15) is 0 Å². The highest BCUT2D eigenvalue weighted by Crippen LogP contribution is 2.45. The third-order valence-electron chi connectivity index (χ3n) is 2.46. The van der Waals surface area contributed by atoms with E-state index < -0.39 is 4.92 Å². The molecule has 1 aromatic carbocycles. The van der Waals surface area contributed by atoms with Crippen molar-refractivity contribution in [3.63, 3.8) is 0 Å². The summed E-state index contributed by atoms with van der Waals surface area (Å²) in [6.45, 7) is 1.79. The van der Waals surface area contributed by atoms with Crippen LogP contribution in [0.1, 0.15) is 18.5 Å². The second-order valence-electron chi connectivity index (χ2n) is 3.42. The highest BCUT2D eigenvalue weighted by molar-refractivity contribution is 9.10. The smallest absolute Gasteiger partial charge is 0.311 e. The molecule has 0 spiro atoms. The van der Waals surface area contributed by atoms with Gasteiger partial charge in [-0.3, -0.25) is 10.1 Å². The van der Waals surface area contributed by atoms with Crippen LogP contribution < -0.4 is 10.5 Å². The number of nitrogens with two attached hydrogens (primary N) is 1. The molecule has 2 atom stereocenters. The summed E-state index contributed by atoms with van der Waals surface area (Å²) in [6, 6.07) is 2.71. The molecule has 2 rings (SSSR count). The summed E-state index contributed by atoms with van der Waals surface area (Å²) in [7, 11) is 0. The number of hydrogen-bond donors (Lipinski definition) is 1. The molecule has 1 heterocycles. The molecule has 1 aliphatic heterocycles. The van der Waals surface area contributed by atoms with Crippen LogP contribution in [0, 0.1) is 10.1 Å². The van der Waals surface area contributed by atoms with Gasteiger partial charge in [-0.15, -0.1) is 0 Å². The molecular formula is C9H9BrN2O3. The van der Waals surface area contributed by atoms with Gasteiger partial charge in [0.2, 0.25) is 5.75 Å². The van der Waals surface area contributed by atoms with E-state index in [0.717, 1.165) is 4.47 Å². The lowest BCUT2D eigenvalue weighted by atomic mass is 10.1. The van der Waals surface area contributed by atoms with E-state index in [1.807, 2.05) is 0 Å². The number of fused-ring (bicyclic) bond motifs is 1. The van der Waals surface area contributed by atoms with Gasteiger partial charge in [-0.1, -0.05) is 15.9 Å². The zero-order chi connectivity index (χ0) is 11.2. The molecule has 80 valence electrons. The molecule has 15 heavy (non-hydrogen) atoms. The van der Waals surface area contributed by atoms with Crippen molar-refractivity contribution < 1.29 is 9.66 Å². The van der Waals surface area contributed by atoms with Crippen molar-refractivity contribution in [2.45, 2.75) is 19.1 Å². The quantitative estimate of drug-likeness (QED) is 0.628. The minimum absolute atomic E-state index is 0.0343. The molecule has 1 aromatic rings. The van der Waals surface area contributed by atoms with Gasteiger partial charge in [0.25, 0.3) is 0 Å². The second-order valence-corrected chi connectivity index (χ2v) is 4.27. The first kappa shape index (κ1) is 10.4. The van der Waals surface area contributed by atoms with E-state index in [2.05, 4.69) is 15.9 Å². The Hall–Kier alpha value is -1.14. The van der Waals surface area contributed by atoms with Crippen LogP contribution in [0.4, 0.5) is 5.69 Å². The van der Waals surface area contributed by atoms with E-state index >= 15 is 0 Å². The van der Waals surface area contributed by atoms with Crippen molar-refractivity contribution in [1.29, 1.82) is 0 Å². The van der Waals surface area contributed by atoms with Crippen molar-refractivity contribution >= 4 is 21.6 Å². The van der Waals surface area contributed by atoms with Crippen molar-refractivity contribution in [3.05, 3.63) is 32.3 Å². The second kappa shape index (κ2) is 3.46. The molecule has 0 aliphatic carbocycles. The first-order valence-corrected chi connectivity index (χ1v) is 5.20. The Bertz CT molecular complexity index is 436. The fourth-order valence-electron chi connectivity index (χ4n) is 1.64. The maximum Gasteiger partial charge on any atom is 0.311 e. The monoisotopic (exact) mass is 272 g/mol. The summed E-state index contributed by atoms with van der Waals surface area (Å²) in [4.78, 5) is 10.3. The summed E-state index contributed by atoms with van der Waals surface area (Å²) < 4.78 is 6.15. The van der Waals surface area contributed by atoms with E-state index in [1.54, 1.807) is 13.0 Å². The van der Waals surface area contributed by atoms with Gasteiger partial charge in [-0.25, -0.2) is 0 Å². The molecule has 0 aromatic heterocycles. The number of nitrogens with zero attached hydrogens (tertiary/aromatic N) is 1. The highest BCUT2D eigenvalue weighted by Gasteiger charge is 2.35. The van der Waals surface area contributed by atoms with Gasteiger partial charge >= 0.3 is 5.69 Å². The zero-order valence-corrected chi connectivity index (χ0v) is 9.52. The number of halogens is 1. The number of nitro benzene ring substituents is 1. The lowest BCUT2D eigenvalue weighted by Crippen LogP contribution is -2.21. The summed E-state index contributed by atoms with van der Waals surface area (Å²) in [5.41, 5.74) is 6.53. The average Bonchev–Trinajstić information content (AvgIpc) is 2.44. The zero-order valence-electron chi connectivity index (χ0n) is 7.94. The Labute approximate surface area is 94.5 Å². The summed E-state index contributed by atoms with van der Waals surface area (Å²) in [5, 5.41) is 10.8. The van der Waals surface area contributed by atoms with Gasteiger partial charge in [0.05, 0.1) is 11.0 Å². The van der Waals surface area contributed by atoms with Crippen molar-refractivity contribution in [1.82, 2.24) is 0 Å². The fraction of sp³-hybridized carbons (Fsp3) is 0.333. The van der Waals surface area contributed by atoms with Gasteiger partial charge in [-0.05, 0) is 13.0 Å². The van der Waals surface area contributed by atoms with Gasteiger partial charge < -0.3 is 10.5 Å². The minimum Gasteiger partial charge on any atom is -0.482 e. The molecule has 6 heteroatoms. The summed E-state index contributed by atoms with van der Waals surface area (Å²) in [5.74, 6) is 0.286. The Balaban J connectivity index is 2.64. The Kier molecular flexibility index (Phi) is 2.40. The van der Waals surface area contributed by atoms with Gasteiger partial charge in [0, 0.05) is 16.1 Å². The highest BCUT2D eigenvalue weighted by atomic mass is 79.9. The van der Waals surface area contributed by atoms with Crippen LogP contribution in [0.3, 0.4) is 0 Å². The molecular weight excluding hydrogens is 264 g/mol. The lowest BCUT2D eigenvalue weighted by molar-refractivity contribution is -0.385. The first-order chi connectivity index (χ1) is 7.02. The molecule has 0 amide bonds. The topological polar surface area (TPSA) is 78.4 Å². The SMILES string of the molecule is CC1Oc2c([N+](=O)[O-])ccc(Br)c2C1N. The van der Waals surface area contributed by atoms with Crippen LogP contribution >= 0.6 is 15.9 Å². The Morgan fingerprint density at radius 1 is 1.60 bits per heavy atom. The van der Waals surface area contributed by atoms with Crippen molar-refractivity contribution in [2.75, 3.05) is 0 Å². The fourth-order valence-corrected chi connectivity index (χ4v) is 2.21. The molecule has 2 unspecified atom stereocenters. The maximum atomic E-state index is 10.8. The van der Waals surface area contributed by atoms with Crippen molar-refractivity contribution in [3.8, 4) is 5.75 Å². The molecule has 0 saturated carbocycles. The summed E-state index contributed by atoms with van der Waals surface area (Å²) in [6.07, 6.45) is -0.239. The molecule has 0 bridgehead atoms. The average molecular weight is 273 g/mol. The predicted octanol–water partition coefficient (Wildman–Crippen LogP) is 2.14. The van der Waals surface area contributed by atoms with Crippen LogP contribution in [-0.2, 0) is 0 Å². The molecule has 0 saturated heterocycles. The third kappa shape index (κ3) is 1.49. The van der Waals surface area contributed by atoms with Crippen LogP contribution in [0.15, 0.2) is 16.6 Å². The molecule has 5 nitrogen and oxygen atoms in total. The van der Waals surface area contributed by atoms with Crippen LogP contribution in [-0.4, -0.2) is 11.0 Å². The lowest BCUT2D eigenvalue weighted by Gasteiger charge is -2.07. The largest absolute Gasteiger partial charge is 0.482 e. The Morgan fingerprint density at radius 3 is 2.87 bits per heavy atom. The maximum absolute atomic E-state index is 10.8. The van der Waals surface area contributed by atoms with E-state index in [0.29, 0.717) is 5.56 Å². The summed E-state index contributed by atoms with van der Waals surface area (Å²) >= 11 is 3.32. The standard InChI is InChI=1S/C9H9BrN2O3/c1-4-8(11)7-5(10)2-3-6(12(13)14)9(7)15-4/h2-4,8H,11H2,1H3. The van der Waals surface area contributed by atoms with E-state index in [-0.39, 0.29) is 23.6 Å². The van der Waals surface area contributed by atoms with E-state index in [1.165, 1.54) is 6.07 Å². The predicted molar refractivity (Wildman–Crippen MR) is 57.8 cm³/mol. The van der Waals surface area contributed by atoms with Crippen LogP contribution in [0.25, 0.3) is 0 Å². The third-order valence-corrected chi connectivity index (χ3v) is 3.15. The van der Waals surface area contributed by atoms with Crippen LogP contribution in [0.5, 0.6) is 5.75 Å². The number of ether oxygens (including phenoxy) is 1. The number of hydrogen-bond acceptors (Lipinski definition) is 4. The number of benzene rings is 1. The van der Waals surface area contributed by atoms with E-state index in [9.17, 15) is 10.1 Å². The normalized spacial score (nSPS) is 23.4.